The highest BCUT2D eigenvalue weighted by Gasteiger charge is 2.40. The first kappa shape index (κ1) is 13.5. The van der Waals surface area contributed by atoms with Crippen molar-refractivity contribution < 1.29 is 23.9 Å². The molecule has 2 rings (SSSR count). The predicted molar refractivity (Wildman–Crippen MR) is 66.1 cm³/mol. The molecule has 19 heavy (non-hydrogen) atoms. The van der Waals surface area contributed by atoms with Gasteiger partial charge in [-0.15, -0.1) is 0 Å². The zero-order valence-electron chi connectivity index (χ0n) is 10.7. The zero-order chi connectivity index (χ0) is 13.8. The Morgan fingerprint density at radius 2 is 2.26 bits per heavy atom. The molecule has 0 aromatic heterocycles. The number of aldehydes is 1. The van der Waals surface area contributed by atoms with Gasteiger partial charge in [-0.05, 0) is 31.4 Å². The topological polar surface area (TPSA) is 69.7 Å². The Bertz CT molecular complexity index is 449. The van der Waals surface area contributed by atoms with E-state index >= 15 is 0 Å². The number of fused-ring (bicyclic) bond motifs is 1. The molecule has 3 atom stereocenters. The summed E-state index contributed by atoms with van der Waals surface area (Å²) in [4.78, 5) is 33.5. The van der Waals surface area contributed by atoms with Crippen molar-refractivity contribution in [1.82, 2.24) is 0 Å². The van der Waals surface area contributed by atoms with Crippen molar-refractivity contribution in [2.45, 2.75) is 38.4 Å². The summed E-state index contributed by atoms with van der Waals surface area (Å²) in [5.74, 6) is -0.676. The maximum Gasteiger partial charge on any atom is 0.302 e. The molecule has 1 saturated carbocycles. The third-order valence-electron chi connectivity index (χ3n) is 3.42. The molecule has 0 bridgehead atoms. The second kappa shape index (κ2) is 5.82. The van der Waals surface area contributed by atoms with E-state index in [4.69, 9.17) is 9.47 Å². The number of carbonyl (C=O) groups is 3. The summed E-state index contributed by atoms with van der Waals surface area (Å²) in [6.45, 7) is 1.36. The Labute approximate surface area is 111 Å². The summed E-state index contributed by atoms with van der Waals surface area (Å²) in [6.07, 6.45) is 6.25. The largest absolute Gasteiger partial charge is 0.497 e. The minimum atomic E-state index is -0.329. The van der Waals surface area contributed by atoms with Crippen molar-refractivity contribution in [2.75, 3.05) is 0 Å². The molecular formula is C14H16O5. The van der Waals surface area contributed by atoms with E-state index < -0.39 is 0 Å². The predicted octanol–water partition coefficient (Wildman–Crippen LogP) is 1.33. The summed E-state index contributed by atoms with van der Waals surface area (Å²) < 4.78 is 10.7. The van der Waals surface area contributed by atoms with Gasteiger partial charge in [-0.25, -0.2) is 0 Å². The fourth-order valence-corrected chi connectivity index (χ4v) is 2.58. The van der Waals surface area contributed by atoms with Crippen LogP contribution in [0.4, 0.5) is 0 Å². The summed E-state index contributed by atoms with van der Waals surface area (Å²) in [5.41, 5.74) is 0.386. The van der Waals surface area contributed by atoms with Crippen LogP contribution in [0.5, 0.6) is 0 Å². The van der Waals surface area contributed by atoms with E-state index in [-0.39, 0.29) is 29.9 Å². The Morgan fingerprint density at radius 1 is 1.47 bits per heavy atom. The van der Waals surface area contributed by atoms with E-state index in [1.54, 1.807) is 0 Å². The van der Waals surface area contributed by atoms with Crippen molar-refractivity contribution >= 4 is 18.0 Å². The first-order chi connectivity index (χ1) is 9.11. The fraction of sp³-hybridized carbons (Fsp3) is 0.500. The van der Waals surface area contributed by atoms with E-state index in [1.165, 1.54) is 25.3 Å². The molecule has 0 aromatic carbocycles. The third-order valence-corrected chi connectivity index (χ3v) is 3.42. The Morgan fingerprint density at radius 3 is 2.95 bits per heavy atom. The van der Waals surface area contributed by atoms with Gasteiger partial charge in [0.05, 0.1) is 17.8 Å². The van der Waals surface area contributed by atoms with Crippen LogP contribution >= 0.6 is 0 Å². The molecule has 1 aliphatic heterocycles. The average molecular weight is 264 g/mol. The molecular weight excluding hydrogens is 248 g/mol. The number of esters is 1. The molecule has 0 amide bonds. The fourth-order valence-electron chi connectivity index (χ4n) is 2.58. The molecule has 1 heterocycles. The van der Waals surface area contributed by atoms with Crippen molar-refractivity contribution in [3.8, 4) is 0 Å². The van der Waals surface area contributed by atoms with Crippen LogP contribution in [0.25, 0.3) is 0 Å². The second-order valence-corrected chi connectivity index (χ2v) is 4.76. The molecule has 1 fully saturated rings. The van der Waals surface area contributed by atoms with Crippen LogP contribution in [0.2, 0.25) is 0 Å². The van der Waals surface area contributed by atoms with E-state index in [0.29, 0.717) is 31.1 Å². The number of Topliss-reactive ketones (excluding diaryl/α,β-unsaturated/α-hetero) is 1. The highest BCUT2D eigenvalue weighted by molar-refractivity contribution is 6.01. The van der Waals surface area contributed by atoms with Crippen LogP contribution in [-0.4, -0.2) is 30.2 Å². The highest BCUT2D eigenvalue weighted by Crippen LogP contribution is 2.34. The van der Waals surface area contributed by atoms with Gasteiger partial charge in [0.2, 0.25) is 0 Å². The minimum absolute atomic E-state index is 0.0498. The molecule has 0 aromatic rings. The van der Waals surface area contributed by atoms with Gasteiger partial charge >= 0.3 is 5.97 Å². The van der Waals surface area contributed by atoms with Crippen molar-refractivity contribution in [1.29, 1.82) is 0 Å². The van der Waals surface area contributed by atoms with Gasteiger partial charge in [0.1, 0.15) is 18.5 Å². The molecule has 0 radical (unpaired) electrons. The summed E-state index contributed by atoms with van der Waals surface area (Å²) in [5, 5.41) is 0. The molecule has 0 N–H and O–H groups in total. The molecule has 1 aliphatic carbocycles. The number of allylic oxidation sites excluding steroid dienone is 3. The van der Waals surface area contributed by atoms with Crippen molar-refractivity contribution in [3.63, 3.8) is 0 Å². The lowest BCUT2D eigenvalue weighted by Crippen LogP contribution is -2.41. The number of rotatable bonds is 3. The van der Waals surface area contributed by atoms with E-state index in [0.717, 1.165) is 0 Å². The summed E-state index contributed by atoms with van der Waals surface area (Å²) in [7, 11) is 0. The second-order valence-electron chi connectivity index (χ2n) is 4.76. The normalized spacial score (nSPS) is 30.3. The lowest BCUT2D eigenvalue weighted by molar-refractivity contribution is -0.153. The number of ketones is 1. The Balaban J connectivity index is 2.08. The number of ether oxygens (including phenoxy) is 2. The van der Waals surface area contributed by atoms with Gasteiger partial charge in [0.25, 0.3) is 0 Å². The molecule has 3 unspecified atom stereocenters. The maximum absolute atomic E-state index is 12.2. The van der Waals surface area contributed by atoms with Crippen LogP contribution in [0.1, 0.15) is 26.2 Å². The average Bonchev–Trinajstić information content (AvgIpc) is 2.38. The first-order valence-corrected chi connectivity index (χ1v) is 6.30. The first-order valence-electron chi connectivity index (χ1n) is 6.30. The zero-order valence-corrected chi connectivity index (χ0v) is 10.7. The van der Waals surface area contributed by atoms with E-state index in [2.05, 4.69) is 0 Å². The third kappa shape index (κ3) is 3.10. The Kier molecular flexibility index (Phi) is 4.14. The quantitative estimate of drug-likeness (QED) is 0.437. The maximum atomic E-state index is 12.2. The monoisotopic (exact) mass is 264 g/mol. The van der Waals surface area contributed by atoms with Gasteiger partial charge in [-0.3, -0.25) is 14.4 Å². The lowest BCUT2D eigenvalue weighted by atomic mass is 9.79. The summed E-state index contributed by atoms with van der Waals surface area (Å²) >= 11 is 0. The minimum Gasteiger partial charge on any atom is -0.497 e. The number of hydrogen-bond donors (Lipinski definition) is 0. The molecule has 5 heteroatoms. The SMILES string of the molecule is CC(=O)OC1CCC2OC=C(/C=C/C=O)C(=O)C2C1. The van der Waals surface area contributed by atoms with Gasteiger partial charge in [-0.1, -0.05) is 0 Å². The number of hydrogen-bond acceptors (Lipinski definition) is 5. The highest BCUT2D eigenvalue weighted by atomic mass is 16.5. The summed E-state index contributed by atoms with van der Waals surface area (Å²) in [6, 6.07) is 0. The van der Waals surface area contributed by atoms with E-state index in [9.17, 15) is 14.4 Å². The number of carbonyl (C=O) groups excluding carboxylic acids is 3. The smallest absolute Gasteiger partial charge is 0.302 e. The molecule has 2 aliphatic rings. The van der Waals surface area contributed by atoms with Crippen LogP contribution < -0.4 is 0 Å². The van der Waals surface area contributed by atoms with Gasteiger partial charge in [0.15, 0.2) is 5.78 Å². The van der Waals surface area contributed by atoms with Crippen LogP contribution in [0.3, 0.4) is 0 Å². The van der Waals surface area contributed by atoms with Gasteiger partial charge in [0, 0.05) is 6.92 Å². The molecule has 102 valence electrons. The van der Waals surface area contributed by atoms with Gasteiger partial charge in [-0.2, -0.15) is 0 Å². The van der Waals surface area contributed by atoms with Crippen LogP contribution in [0, 0.1) is 5.92 Å². The molecule has 0 saturated heterocycles. The molecule has 0 spiro atoms. The lowest BCUT2D eigenvalue weighted by Gasteiger charge is -2.36. The van der Waals surface area contributed by atoms with Crippen molar-refractivity contribution in [2.24, 2.45) is 5.92 Å². The van der Waals surface area contributed by atoms with Crippen molar-refractivity contribution in [3.05, 3.63) is 24.0 Å². The van der Waals surface area contributed by atoms with E-state index in [1.807, 2.05) is 0 Å². The Hall–Kier alpha value is -1.91. The van der Waals surface area contributed by atoms with Crippen LogP contribution in [0.15, 0.2) is 24.0 Å². The van der Waals surface area contributed by atoms with Crippen LogP contribution in [-0.2, 0) is 23.9 Å². The van der Waals surface area contributed by atoms with Gasteiger partial charge < -0.3 is 9.47 Å². The standard InChI is InChI=1S/C14H16O5/c1-9(16)19-11-4-5-13-12(7-11)14(17)10(8-18-13)3-2-6-15/h2-3,6,8,11-13H,4-5,7H2,1H3/b3-2+. The molecule has 5 nitrogen and oxygen atoms in total.